The van der Waals surface area contributed by atoms with Crippen molar-refractivity contribution >= 4 is 11.3 Å². The van der Waals surface area contributed by atoms with Gasteiger partial charge in [-0.1, -0.05) is 6.92 Å². The molecule has 3 nitrogen and oxygen atoms in total. The highest BCUT2D eigenvalue weighted by atomic mass is 32.1. The normalized spacial score (nSPS) is 10.8. The number of hydrogen-bond donors (Lipinski definition) is 1. The van der Waals surface area contributed by atoms with Gasteiger partial charge in [0.1, 0.15) is 0 Å². The molecule has 0 spiro atoms. The maximum atomic E-state index is 4.08. The van der Waals surface area contributed by atoms with Gasteiger partial charge in [0.25, 0.3) is 0 Å². The Kier molecular flexibility index (Phi) is 4.13. The van der Waals surface area contributed by atoms with Crippen LogP contribution in [0.25, 0.3) is 0 Å². The first-order valence-corrected chi connectivity index (χ1v) is 6.49. The third-order valence-corrected chi connectivity index (χ3v) is 3.15. The topological polar surface area (TPSA) is 29.9 Å². The van der Waals surface area contributed by atoms with Crippen molar-refractivity contribution in [1.29, 1.82) is 0 Å². The highest BCUT2D eigenvalue weighted by molar-refractivity contribution is 7.09. The molecule has 2 heterocycles. The van der Waals surface area contributed by atoms with Crippen LogP contribution in [0.2, 0.25) is 0 Å². The van der Waals surface area contributed by atoms with Gasteiger partial charge >= 0.3 is 0 Å². The molecule has 4 heteroatoms. The lowest BCUT2D eigenvalue weighted by atomic mass is 10.3. The zero-order chi connectivity index (χ0) is 11.2. The van der Waals surface area contributed by atoms with Gasteiger partial charge in [-0.05, 0) is 24.6 Å². The number of rotatable bonds is 6. The number of nitrogens with one attached hydrogen (secondary N) is 1. The van der Waals surface area contributed by atoms with E-state index in [-0.39, 0.29) is 0 Å². The van der Waals surface area contributed by atoms with Gasteiger partial charge in [0.15, 0.2) is 0 Å². The molecule has 2 aromatic heterocycles. The van der Waals surface area contributed by atoms with Gasteiger partial charge in [-0.25, -0.2) is 0 Å². The Labute approximate surface area is 100 Å². The maximum absolute atomic E-state index is 4.08. The van der Waals surface area contributed by atoms with E-state index in [1.165, 1.54) is 16.9 Å². The van der Waals surface area contributed by atoms with E-state index in [2.05, 4.69) is 40.3 Å². The zero-order valence-electron chi connectivity index (χ0n) is 9.52. The Morgan fingerprint density at radius 2 is 2.44 bits per heavy atom. The van der Waals surface area contributed by atoms with E-state index < -0.39 is 0 Å². The summed E-state index contributed by atoms with van der Waals surface area (Å²) in [5.74, 6) is 0. The number of nitrogens with zero attached hydrogens (tertiary/aromatic N) is 2. The van der Waals surface area contributed by atoms with Crippen LogP contribution in [0.3, 0.4) is 0 Å². The molecule has 2 aromatic rings. The summed E-state index contributed by atoms with van der Waals surface area (Å²) in [7, 11) is 0. The van der Waals surface area contributed by atoms with Crippen molar-refractivity contribution in [3.8, 4) is 0 Å². The first-order valence-electron chi connectivity index (χ1n) is 5.61. The number of thiazole rings is 1. The summed E-state index contributed by atoms with van der Waals surface area (Å²) in [6.45, 7) is 5.16. The molecule has 0 atom stereocenters. The van der Waals surface area contributed by atoms with Crippen molar-refractivity contribution in [1.82, 2.24) is 14.9 Å². The lowest BCUT2D eigenvalue weighted by molar-refractivity contribution is 0.673. The predicted molar refractivity (Wildman–Crippen MR) is 67.6 cm³/mol. The molecule has 0 saturated heterocycles. The minimum absolute atomic E-state index is 0.929. The van der Waals surface area contributed by atoms with Crippen LogP contribution in [0.5, 0.6) is 0 Å². The first kappa shape index (κ1) is 11.4. The van der Waals surface area contributed by atoms with Crippen LogP contribution < -0.4 is 5.32 Å². The molecule has 0 unspecified atom stereocenters. The molecule has 0 fully saturated rings. The molecule has 2 rings (SSSR count). The van der Waals surface area contributed by atoms with E-state index in [1.807, 2.05) is 11.7 Å². The van der Waals surface area contributed by atoms with E-state index in [1.54, 1.807) is 11.3 Å². The second kappa shape index (κ2) is 5.82. The summed E-state index contributed by atoms with van der Waals surface area (Å²) < 4.78 is 2.20. The zero-order valence-corrected chi connectivity index (χ0v) is 10.3. The summed E-state index contributed by atoms with van der Waals surface area (Å²) in [5, 5.41) is 3.40. The van der Waals surface area contributed by atoms with Crippen LogP contribution in [-0.4, -0.2) is 16.1 Å². The highest BCUT2D eigenvalue weighted by Gasteiger charge is 1.99. The first-order chi connectivity index (χ1) is 7.88. The van der Waals surface area contributed by atoms with Gasteiger partial charge in [0.05, 0.1) is 12.1 Å². The van der Waals surface area contributed by atoms with E-state index in [0.717, 1.165) is 19.6 Å². The fourth-order valence-corrected chi connectivity index (χ4v) is 2.21. The smallest absolute Gasteiger partial charge is 0.0794 e. The van der Waals surface area contributed by atoms with Crippen LogP contribution in [0.15, 0.2) is 30.2 Å². The molecule has 1 N–H and O–H groups in total. The average molecular weight is 235 g/mol. The standard InChI is InChI=1S/C12H17N3S/c1-2-4-13-6-11-3-5-15(8-11)9-12-7-14-10-16-12/h3,5,7-8,10,13H,2,4,6,9H2,1H3. The Bertz CT molecular complexity index is 406. The molecular weight excluding hydrogens is 218 g/mol. The van der Waals surface area contributed by atoms with E-state index in [0.29, 0.717) is 0 Å². The van der Waals surface area contributed by atoms with E-state index >= 15 is 0 Å². The van der Waals surface area contributed by atoms with Gasteiger partial charge in [0, 0.05) is 30.0 Å². The van der Waals surface area contributed by atoms with Crippen LogP contribution >= 0.6 is 11.3 Å². The predicted octanol–water partition coefficient (Wildman–Crippen LogP) is 2.49. The van der Waals surface area contributed by atoms with Crippen molar-refractivity contribution in [3.05, 3.63) is 40.6 Å². The third kappa shape index (κ3) is 3.18. The molecule has 86 valence electrons. The molecule has 0 radical (unpaired) electrons. The Morgan fingerprint density at radius 3 is 3.19 bits per heavy atom. The molecule has 16 heavy (non-hydrogen) atoms. The van der Waals surface area contributed by atoms with Gasteiger partial charge in [-0.3, -0.25) is 4.98 Å². The second-order valence-corrected chi connectivity index (χ2v) is 4.81. The highest BCUT2D eigenvalue weighted by Crippen LogP contribution is 2.09. The van der Waals surface area contributed by atoms with Crippen molar-refractivity contribution in [2.24, 2.45) is 0 Å². The number of aromatic nitrogens is 2. The third-order valence-electron chi connectivity index (χ3n) is 2.39. The summed E-state index contributed by atoms with van der Waals surface area (Å²) in [6.07, 6.45) is 7.44. The Balaban J connectivity index is 1.87. The lowest BCUT2D eigenvalue weighted by Crippen LogP contribution is -2.13. The summed E-state index contributed by atoms with van der Waals surface area (Å²) >= 11 is 1.70. The largest absolute Gasteiger partial charge is 0.349 e. The average Bonchev–Trinajstić information content (AvgIpc) is 2.91. The maximum Gasteiger partial charge on any atom is 0.0794 e. The molecule has 0 aliphatic carbocycles. The minimum Gasteiger partial charge on any atom is -0.349 e. The van der Waals surface area contributed by atoms with Gasteiger partial charge in [-0.2, -0.15) is 0 Å². The summed E-state index contributed by atoms with van der Waals surface area (Å²) in [4.78, 5) is 5.37. The van der Waals surface area contributed by atoms with E-state index in [4.69, 9.17) is 0 Å². The van der Waals surface area contributed by atoms with Gasteiger partial charge < -0.3 is 9.88 Å². The fourth-order valence-electron chi connectivity index (χ4n) is 1.60. The molecule has 0 saturated carbocycles. The van der Waals surface area contributed by atoms with Crippen LogP contribution in [0.4, 0.5) is 0 Å². The Hall–Kier alpha value is -1.13. The van der Waals surface area contributed by atoms with Crippen molar-refractivity contribution in [3.63, 3.8) is 0 Å². The van der Waals surface area contributed by atoms with Crippen LogP contribution in [0, 0.1) is 0 Å². The summed E-state index contributed by atoms with van der Waals surface area (Å²) in [6, 6.07) is 2.17. The molecule has 0 bridgehead atoms. The monoisotopic (exact) mass is 235 g/mol. The molecule has 0 aliphatic heterocycles. The quantitative estimate of drug-likeness (QED) is 0.780. The summed E-state index contributed by atoms with van der Waals surface area (Å²) in [5.41, 5.74) is 3.22. The molecule has 0 amide bonds. The van der Waals surface area contributed by atoms with Crippen LogP contribution in [-0.2, 0) is 13.1 Å². The SMILES string of the molecule is CCCNCc1ccn(Cc2cncs2)c1. The van der Waals surface area contributed by atoms with Gasteiger partial charge in [-0.15, -0.1) is 11.3 Å². The molecule has 0 aliphatic rings. The lowest BCUT2D eigenvalue weighted by Gasteiger charge is -2.00. The van der Waals surface area contributed by atoms with Crippen molar-refractivity contribution in [2.45, 2.75) is 26.4 Å². The van der Waals surface area contributed by atoms with Crippen molar-refractivity contribution < 1.29 is 0 Å². The fraction of sp³-hybridized carbons (Fsp3) is 0.417. The second-order valence-electron chi connectivity index (χ2n) is 3.84. The Morgan fingerprint density at radius 1 is 1.50 bits per heavy atom. The minimum atomic E-state index is 0.929. The van der Waals surface area contributed by atoms with E-state index in [9.17, 15) is 0 Å². The van der Waals surface area contributed by atoms with Crippen molar-refractivity contribution in [2.75, 3.05) is 6.54 Å². The molecular formula is C12H17N3S. The van der Waals surface area contributed by atoms with Crippen LogP contribution in [0.1, 0.15) is 23.8 Å². The number of hydrogen-bond acceptors (Lipinski definition) is 3. The molecule has 0 aromatic carbocycles. The van der Waals surface area contributed by atoms with Gasteiger partial charge in [0.2, 0.25) is 0 Å².